The molecule has 0 aliphatic heterocycles. The molecule has 0 radical (unpaired) electrons. The highest BCUT2D eigenvalue weighted by Crippen LogP contribution is 2.50. The average Bonchev–Trinajstić information content (AvgIpc) is 2.96. The Hall–Kier alpha value is -2.57. The first-order valence-corrected chi connectivity index (χ1v) is 10.1. The molecule has 1 heterocycles. The second-order valence-electron chi connectivity index (χ2n) is 9.26. The van der Waals surface area contributed by atoms with Crippen LogP contribution in [0.3, 0.4) is 0 Å². The normalized spacial score (nSPS) is 29.8. The van der Waals surface area contributed by atoms with E-state index in [1.807, 2.05) is 0 Å². The highest BCUT2D eigenvalue weighted by Gasteiger charge is 2.54. The fourth-order valence-electron chi connectivity index (χ4n) is 5.13. The van der Waals surface area contributed by atoms with E-state index >= 15 is 0 Å². The number of amides is 2. The van der Waals surface area contributed by atoms with Crippen molar-refractivity contribution in [3.05, 3.63) is 34.3 Å². The maximum absolute atomic E-state index is 13.1. The highest BCUT2D eigenvalue weighted by molar-refractivity contribution is 6.04. The summed E-state index contributed by atoms with van der Waals surface area (Å²) in [4.78, 5) is 39.7. The van der Waals surface area contributed by atoms with Gasteiger partial charge in [0.1, 0.15) is 0 Å². The van der Waals surface area contributed by atoms with E-state index in [-0.39, 0.29) is 23.3 Å². The molecule has 3 fully saturated rings. The molecule has 3 saturated carbocycles. The minimum atomic E-state index is -0.575. The number of carbonyl (C=O) groups is 2. The summed E-state index contributed by atoms with van der Waals surface area (Å²) in [7, 11) is 0. The van der Waals surface area contributed by atoms with E-state index in [9.17, 15) is 14.4 Å². The Morgan fingerprint density at radius 1 is 1.29 bits per heavy atom. The molecule has 2 amide bonds. The second-order valence-corrected chi connectivity index (χ2v) is 9.26. The van der Waals surface area contributed by atoms with Gasteiger partial charge >= 0.3 is 5.76 Å². The predicted molar refractivity (Wildman–Crippen MR) is 103 cm³/mol. The number of rotatable bonds is 5. The molecule has 1 aromatic carbocycles. The van der Waals surface area contributed by atoms with Crippen LogP contribution in [-0.2, 0) is 4.79 Å². The van der Waals surface area contributed by atoms with E-state index in [4.69, 9.17) is 4.42 Å². The first-order valence-electron chi connectivity index (χ1n) is 10.1. The number of hydrogen-bond acceptors (Lipinski definition) is 4. The van der Waals surface area contributed by atoms with Gasteiger partial charge in [-0.25, -0.2) is 4.79 Å². The molecule has 7 heteroatoms. The summed E-state index contributed by atoms with van der Waals surface area (Å²) in [6.07, 6.45) is 6.52. The topological polar surface area (TPSA) is 104 Å². The van der Waals surface area contributed by atoms with Gasteiger partial charge in [-0.05, 0) is 62.0 Å². The smallest absolute Gasteiger partial charge is 0.408 e. The molecule has 0 saturated heterocycles. The Morgan fingerprint density at radius 2 is 2.11 bits per heavy atom. The number of H-pyrrole nitrogens is 1. The molecule has 3 aliphatic carbocycles. The molecule has 1 aromatic heterocycles. The van der Waals surface area contributed by atoms with Crippen LogP contribution in [0.5, 0.6) is 0 Å². The van der Waals surface area contributed by atoms with Crippen LogP contribution in [0.25, 0.3) is 11.1 Å². The first kappa shape index (κ1) is 17.5. The number of fused-ring (bicyclic) bond motifs is 3. The standard InChI is InChI=1S/C21H25N3O4/c1-20(7-8-20)11-16(25)22-15-9-12-5-6-21(15,10-12)24-18(26)13-3-2-4-14-17(13)23-19(27)28-14/h2-4,12,15H,5-11H2,1H3,(H,22,25)(H,23,27)(H,24,26)/t12-,15+,21+/m0/s1. The van der Waals surface area contributed by atoms with Crippen LogP contribution in [-0.4, -0.2) is 28.4 Å². The summed E-state index contributed by atoms with van der Waals surface area (Å²) >= 11 is 0. The quantitative estimate of drug-likeness (QED) is 0.738. The van der Waals surface area contributed by atoms with Gasteiger partial charge in [-0.2, -0.15) is 0 Å². The number of hydrogen-bond donors (Lipinski definition) is 3. The van der Waals surface area contributed by atoms with Gasteiger partial charge in [0.05, 0.1) is 22.7 Å². The molecule has 5 rings (SSSR count). The maximum Gasteiger partial charge on any atom is 0.417 e. The van der Waals surface area contributed by atoms with Crippen LogP contribution in [0.2, 0.25) is 0 Å². The molecule has 7 nitrogen and oxygen atoms in total. The Morgan fingerprint density at radius 3 is 2.86 bits per heavy atom. The van der Waals surface area contributed by atoms with E-state index in [0.29, 0.717) is 29.0 Å². The van der Waals surface area contributed by atoms with Gasteiger partial charge in [-0.15, -0.1) is 0 Å². The molecule has 28 heavy (non-hydrogen) atoms. The molecule has 148 valence electrons. The molecular formula is C21H25N3O4. The summed E-state index contributed by atoms with van der Waals surface area (Å²) in [6, 6.07) is 5.01. The molecule has 0 spiro atoms. The minimum Gasteiger partial charge on any atom is -0.408 e. The third-order valence-corrected chi connectivity index (χ3v) is 6.98. The number of nitrogens with one attached hydrogen (secondary N) is 3. The SMILES string of the molecule is CC1(CC(=O)N[C@@H]2C[C@@H]3CC[C@@]2(NC(=O)c2cccc4oc(=O)[nH]c24)C3)CC1. The number of para-hydroxylation sites is 1. The zero-order valence-corrected chi connectivity index (χ0v) is 16.0. The number of aromatic nitrogens is 1. The maximum atomic E-state index is 13.1. The Bertz CT molecular complexity index is 1020. The van der Waals surface area contributed by atoms with E-state index < -0.39 is 11.3 Å². The summed E-state index contributed by atoms with van der Waals surface area (Å²) in [5, 5.41) is 6.43. The Balaban J connectivity index is 1.36. The Labute approximate surface area is 162 Å². The zero-order chi connectivity index (χ0) is 19.5. The highest BCUT2D eigenvalue weighted by atomic mass is 16.4. The van der Waals surface area contributed by atoms with Crippen molar-refractivity contribution in [2.75, 3.05) is 0 Å². The van der Waals surface area contributed by atoms with E-state index in [0.717, 1.165) is 38.5 Å². The summed E-state index contributed by atoms with van der Waals surface area (Å²) in [6.45, 7) is 2.15. The van der Waals surface area contributed by atoms with Crippen molar-refractivity contribution >= 4 is 22.9 Å². The van der Waals surface area contributed by atoms with Crippen LogP contribution in [0.4, 0.5) is 0 Å². The van der Waals surface area contributed by atoms with Crippen LogP contribution in [0.1, 0.15) is 62.2 Å². The second kappa shape index (κ2) is 5.96. The third-order valence-electron chi connectivity index (χ3n) is 6.98. The fraction of sp³-hybridized carbons (Fsp3) is 0.571. The molecule has 3 aliphatic rings. The van der Waals surface area contributed by atoms with Crippen molar-refractivity contribution in [1.82, 2.24) is 15.6 Å². The zero-order valence-electron chi connectivity index (χ0n) is 16.0. The van der Waals surface area contributed by atoms with E-state index in [1.165, 1.54) is 0 Å². The van der Waals surface area contributed by atoms with Crippen LogP contribution < -0.4 is 16.4 Å². The fourth-order valence-corrected chi connectivity index (χ4v) is 5.13. The van der Waals surface area contributed by atoms with E-state index in [1.54, 1.807) is 18.2 Å². The van der Waals surface area contributed by atoms with Gasteiger partial charge in [0.15, 0.2) is 5.58 Å². The van der Waals surface area contributed by atoms with Crippen LogP contribution in [0.15, 0.2) is 27.4 Å². The molecule has 0 unspecified atom stereocenters. The predicted octanol–water partition coefficient (Wildman–Crippen LogP) is 2.47. The summed E-state index contributed by atoms with van der Waals surface area (Å²) in [5.41, 5.74) is 0.933. The number of aromatic amines is 1. The van der Waals surface area contributed by atoms with Crippen LogP contribution in [0, 0.1) is 11.3 Å². The number of carbonyl (C=O) groups excluding carboxylic acids is 2. The van der Waals surface area contributed by atoms with Gasteiger partial charge in [-0.1, -0.05) is 13.0 Å². The van der Waals surface area contributed by atoms with Crippen molar-refractivity contribution in [3.63, 3.8) is 0 Å². The van der Waals surface area contributed by atoms with Crippen molar-refractivity contribution in [1.29, 1.82) is 0 Å². The lowest BCUT2D eigenvalue weighted by Crippen LogP contribution is -2.59. The van der Waals surface area contributed by atoms with Gasteiger partial charge in [-0.3, -0.25) is 14.6 Å². The summed E-state index contributed by atoms with van der Waals surface area (Å²) < 4.78 is 5.07. The van der Waals surface area contributed by atoms with Crippen molar-refractivity contribution in [2.45, 2.75) is 63.5 Å². The lowest BCUT2D eigenvalue weighted by molar-refractivity contribution is -0.123. The molecule has 3 N–H and O–H groups in total. The molecule has 3 atom stereocenters. The largest absolute Gasteiger partial charge is 0.417 e. The van der Waals surface area contributed by atoms with Gasteiger partial charge in [0.25, 0.3) is 5.91 Å². The minimum absolute atomic E-state index is 0.0346. The molecular weight excluding hydrogens is 358 g/mol. The first-order chi connectivity index (χ1) is 13.4. The number of benzene rings is 1. The van der Waals surface area contributed by atoms with E-state index in [2.05, 4.69) is 22.5 Å². The number of oxazole rings is 1. The molecule has 2 bridgehead atoms. The van der Waals surface area contributed by atoms with Gasteiger partial charge in [0, 0.05) is 6.42 Å². The summed E-state index contributed by atoms with van der Waals surface area (Å²) in [5.74, 6) is -0.188. The third kappa shape index (κ3) is 2.93. The lowest BCUT2D eigenvalue weighted by Gasteiger charge is -2.36. The van der Waals surface area contributed by atoms with Crippen molar-refractivity contribution in [2.24, 2.45) is 11.3 Å². The lowest BCUT2D eigenvalue weighted by atomic mass is 9.87. The monoisotopic (exact) mass is 383 g/mol. The Kier molecular flexibility index (Phi) is 3.73. The van der Waals surface area contributed by atoms with Crippen LogP contribution >= 0.6 is 0 Å². The van der Waals surface area contributed by atoms with Gasteiger partial charge in [0.2, 0.25) is 5.91 Å². The van der Waals surface area contributed by atoms with Gasteiger partial charge < -0.3 is 15.1 Å². The molecule has 2 aromatic rings. The average molecular weight is 383 g/mol. The van der Waals surface area contributed by atoms with Crippen molar-refractivity contribution < 1.29 is 14.0 Å². The van der Waals surface area contributed by atoms with Crippen molar-refractivity contribution in [3.8, 4) is 0 Å².